The molecule has 5 nitrogen and oxygen atoms in total. The summed E-state index contributed by atoms with van der Waals surface area (Å²) in [7, 11) is -3.08. The quantitative estimate of drug-likeness (QED) is 0.734. The lowest BCUT2D eigenvalue weighted by molar-refractivity contribution is 0.589. The Morgan fingerprint density at radius 1 is 1.56 bits per heavy atom. The lowest BCUT2D eigenvalue weighted by Crippen LogP contribution is -2.14. The molecular formula is C10H19N3O2S. The molecule has 2 N–H and O–H groups in total. The SMILES string of the molecule is CCCNCc1cnc(C(C)S(C)(=O)=O)[nH]1. The van der Waals surface area contributed by atoms with Crippen molar-refractivity contribution in [2.24, 2.45) is 0 Å². The van der Waals surface area contributed by atoms with Gasteiger partial charge in [-0.25, -0.2) is 13.4 Å². The van der Waals surface area contributed by atoms with Crippen molar-refractivity contribution >= 4 is 9.84 Å². The molecule has 16 heavy (non-hydrogen) atoms. The molecule has 0 amide bonds. The predicted molar refractivity (Wildman–Crippen MR) is 63.8 cm³/mol. The number of hydrogen-bond acceptors (Lipinski definition) is 4. The van der Waals surface area contributed by atoms with Crippen molar-refractivity contribution in [3.8, 4) is 0 Å². The first kappa shape index (κ1) is 13.2. The van der Waals surface area contributed by atoms with E-state index in [4.69, 9.17) is 0 Å². The van der Waals surface area contributed by atoms with Crippen LogP contribution in [0.25, 0.3) is 0 Å². The summed E-state index contributed by atoms with van der Waals surface area (Å²) in [5.74, 6) is 0.510. The van der Waals surface area contributed by atoms with E-state index in [1.54, 1.807) is 13.1 Å². The van der Waals surface area contributed by atoms with Crippen LogP contribution >= 0.6 is 0 Å². The number of nitrogens with one attached hydrogen (secondary N) is 2. The van der Waals surface area contributed by atoms with Crippen LogP contribution in [-0.2, 0) is 16.4 Å². The normalized spacial score (nSPS) is 13.9. The number of hydrogen-bond donors (Lipinski definition) is 2. The summed E-state index contributed by atoms with van der Waals surface area (Å²) in [6, 6.07) is 0. The molecule has 0 aliphatic heterocycles. The Hall–Kier alpha value is -0.880. The molecule has 0 aliphatic carbocycles. The Balaban J connectivity index is 2.64. The number of rotatable bonds is 6. The molecule has 6 heteroatoms. The highest BCUT2D eigenvalue weighted by atomic mass is 32.2. The van der Waals surface area contributed by atoms with Gasteiger partial charge in [0, 0.05) is 24.7 Å². The minimum absolute atomic E-state index is 0.510. The van der Waals surface area contributed by atoms with Crippen molar-refractivity contribution < 1.29 is 8.42 Å². The van der Waals surface area contributed by atoms with E-state index in [1.807, 2.05) is 0 Å². The third-order valence-electron chi connectivity index (χ3n) is 2.42. The lowest BCUT2D eigenvalue weighted by atomic mass is 10.4. The average Bonchev–Trinajstić information content (AvgIpc) is 2.64. The Morgan fingerprint density at radius 2 is 2.25 bits per heavy atom. The summed E-state index contributed by atoms with van der Waals surface area (Å²) in [6.07, 6.45) is 3.97. The summed E-state index contributed by atoms with van der Waals surface area (Å²) in [4.78, 5) is 7.11. The van der Waals surface area contributed by atoms with Gasteiger partial charge in [0.25, 0.3) is 0 Å². The molecule has 0 saturated heterocycles. The molecule has 1 aromatic rings. The highest BCUT2D eigenvalue weighted by Crippen LogP contribution is 2.17. The van der Waals surface area contributed by atoms with E-state index in [0.717, 1.165) is 18.7 Å². The van der Waals surface area contributed by atoms with Gasteiger partial charge in [-0.3, -0.25) is 0 Å². The molecule has 1 atom stereocenters. The molecule has 0 bridgehead atoms. The smallest absolute Gasteiger partial charge is 0.157 e. The molecule has 1 heterocycles. The van der Waals surface area contributed by atoms with Crippen molar-refractivity contribution in [3.63, 3.8) is 0 Å². The van der Waals surface area contributed by atoms with Crippen molar-refractivity contribution in [1.29, 1.82) is 0 Å². The van der Waals surface area contributed by atoms with E-state index in [0.29, 0.717) is 12.4 Å². The summed E-state index contributed by atoms with van der Waals surface area (Å²) >= 11 is 0. The van der Waals surface area contributed by atoms with E-state index >= 15 is 0 Å². The van der Waals surface area contributed by atoms with Gasteiger partial charge in [-0.1, -0.05) is 6.92 Å². The van der Waals surface area contributed by atoms with Crippen LogP contribution in [0.3, 0.4) is 0 Å². The fraction of sp³-hybridized carbons (Fsp3) is 0.700. The third kappa shape index (κ3) is 3.61. The molecule has 0 aromatic carbocycles. The zero-order valence-corrected chi connectivity index (χ0v) is 10.8. The molecule has 1 aromatic heterocycles. The van der Waals surface area contributed by atoms with Crippen molar-refractivity contribution in [3.05, 3.63) is 17.7 Å². The Morgan fingerprint density at radius 3 is 2.81 bits per heavy atom. The first-order chi connectivity index (χ1) is 7.45. The molecule has 0 aliphatic rings. The molecule has 0 radical (unpaired) electrons. The molecule has 1 rings (SSSR count). The fourth-order valence-corrected chi connectivity index (χ4v) is 1.80. The zero-order valence-electron chi connectivity index (χ0n) is 9.95. The second-order valence-electron chi connectivity index (χ2n) is 3.94. The maximum absolute atomic E-state index is 11.3. The van der Waals surface area contributed by atoms with Gasteiger partial charge < -0.3 is 10.3 Å². The van der Waals surface area contributed by atoms with Crippen molar-refractivity contribution in [2.75, 3.05) is 12.8 Å². The van der Waals surface area contributed by atoms with Crippen LogP contribution in [0.4, 0.5) is 0 Å². The van der Waals surface area contributed by atoms with Gasteiger partial charge >= 0.3 is 0 Å². The maximum atomic E-state index is 11.3. The second-order valence-corrected chi connectivity index (χ2v) is 6.31. The van der Waals surface area contributed by atoms with Gasteiger partial charge in [-0.05, 0) is 19.9 Å². The van der Waals surface area contributed by atoms with Gasteiger partial charge in [0.05, 0.1) is 0 Å². The number of H-pyrrole nitrogens is 1. The van der Waals surface area contributed by atoms with E-state index in [1.165, 1.54) is 6.26 Å². The molecular weight excluding hydrogens is 226 g/mol. The van der Waals surface area contributed by atoms with Gasteiger partial charge in [-0.2, -0.15) is 0 Å². The number of aromatic nitrogens is 2. The Bertz CT molecular complexity index is 425. The first-order valence-electron chi connectivity index (χ1n) is 5.38. The average molecular weight is 245 g/mol. The van der Waals surface area contributed by atoms with E-state index in [-0.39, 0.29) is 0 Å². The first-order valence-corrected chi connectivity index (χ1v) is 7.34. The largest absolute Gasteiger partial charge is 0.344 e. The number of imidazole rings is 1. The number of aromatic amines is 1. The van der Waals surface area contributed by atoms with Crippen LogP contribution in [0.15, 0.2) is 6.20 Å². The van der Waals surface area contributed by atoms with Crippen molar-refractivity contribution in [2.45, 2.75) is 32.1 Å². The monoisotopic (exact) mass is 245 g/mol. The summed E-state index contributed by atoms with van der Waals surface area (Å²) in [6.45, 7) is 5.36. The topological polar surface area (TPSA) is 74.8 Å². The van der Waals surface area contributed by atoms with Gasteiger partial charge in [-0.15, -0.1) is 0 Å². The molecule has 0 saturated carbocycles. The van der Waals surface area contributed by atoms with E-state index < -0.39 is 15.1 Å². The second kappa shape index (κ2) is 5.45. The highest BCUT2D eigenvalue weighted by Gasteiger charge is 2.19. The molecule has 0 fully saturated rings. The highest BCUT2D eigenvalue weighted by molar-refractivity contribution is 7.90. The van der Waals surface area contributed by atoms with Crippen molar-refractivity contribution in [1.82, 2.24) is 15.3 Å². The van der Waals surface area contributed by atoms with Crippen LogP contribution in [-0.4, -0.2) is 31.2 Å². The Kier molecular flexibility index (Phi) is 4.49. The molecule has 92 valence electrons. The predicted octanol–water partition coefficient (Wildman–Crippen LogP) is 1.01. The van der Waals surface area contributed by atoms with Gasteiger partial charge in [0.2, 0.25) is 0 Å². The van der Waals surface area contributed by atoms with Gasteiger partial charge in [0.1, 0.15) is 11.1 Å². The van der Waals surface area contributed by atoms with Crippen LogP contribution < -0.4 is 5.32 Å². The minimum Gasteiger partial charge on any atom is -0.344 e. The molecule has 1 unspecified atom stereocenters. The summed E-state index contributed by atoms with van der Waals surface area (Å²) < 4.78 is 22.7. The van der Waals surface area contributed by atoms with Crippen LogP contribution in [0.2, 0.25) is 0 Å². The fourth-order valence-electron chi connectivity index (χ4n) is 1.28. The summed E-state index contributed by atoms with van der Waals surface area (Å²) in [5.41, 5.74) is 0.916. The maximum Gasteiger partial charge on any atom is 0.157 e. The standard InChI is InChI=1S/C10H19N3O2S/c1-4-5-11-6-9-7-12-10(13-9)8(2)16(3,14)15/h7-8,11H,4-6H2,1-3H3,(H,12,13). The van der Waals surface area contributed by atoms with Crippen LogP contribution in [0, 0.1) is 0 Å². The summed E-state index contributed by atoms with van der Waals surface area (Å²) in [5, 5.41) is 2.65. The lowest BCUT2D eigenvalue weighted by Gasteiger charge is -2.05. The third-order valence-corrected chi connectivity index (χ3v) is 3.93. The van der Waals surface area contributed by atoms with E-state index in [2.05, 4.69) is 22.2 Å². The Labute approximate surface area is 96.6 Å². The zero-order chi connectivity index (χ0) is 12.2. The number of sulfone groups is 1. The van der Waals surface area contributed by atoms with Gasteiger partial charge in [0.15, 0.2) is 9.84 Å². The number of nitrogens with zero attached hydrogens (tertiary/aromatic N) is 1. The van der Waals surface area contributed by atoms with Crippen LogP contribution in [0.1, 0.15) is 37.0 Å². The van der Waals surface area contributed by atoms with E-state index in [9.17, 15) is 8.42 Å². The molecule has 0 spiro atoms. The van der Waals surface area contributed by atoms with Crippen LogP contribution in [0.5, 0.6) is 0 Å². The minimum atomic E-state index is -3.08.